The predicted molar refractivity (Wildman–Crippen MR) is 260 cm³/mol. The Hall–Kier alpha value is -5.44. The number of nitrogens with zero attached hydrogens (tertiary/aromatic N) is 4. The zero-order valence-corrected chi connectivity index (χ0v) is 42.0. The number of hydrogen-bond acceptors (Lipinski definition) is 12. The number of para-hydroxylation sites is 1. The van der Waals surface area contributed by atoms with Crippen LogP contribution in [0.1, 0.15) is 84.8 Å². The van der Waals surface area contributed by atoms with Crippen LogP contribution in [0.5, 0.6) is 0 Å². The summed E-state index contributed by atoms with van der Waals surface area (Å²) in [6.07, 6.45) is 3.85. The van der Waals surface area contributed by atoms with Crippen LogP contribution in [0.15, 0.2) is 82.7 Å². The average Bonchev–Trinajstić information content (AvgIpc) is 3.62. The van der Waals surface area contributed by atoms with E-state index in [0.717, 1.165) is 15.0 Å². The minimum Gasteiger partial charge on any atom is -0.464 e. The molecule has 21 heteroatoms. The zero-order valence-electron chi connectivity index (χ0n) is 38.8. The Morgan fingerprint density at radius 1 is 0.851 bits per heavy atom. The monoisotopic (exact) mass is 1030 g/mol. The third-order valence-corrected chi connectivity index (χ3v) is 12.9. The lowest BCUT2D eigenvalue weighted by molar-refractivity contribution is -0.142. The van der Waals surface area contributed by atoms with Gasteiger partial charge in [-0.25, -0.2) is 14.4 Å². The summed E-state index contributed by atoms with van der Waals surface area (Å²) in [6.45, 7) is 11.2. The Labute approximate surface area is 409 Å². The first-order chi connectivity index (χ1) is 31.6. The van der Waals surface area contributed by atoms with Crippen molar-refractivity contribution in [2.75, 3.05) is 26.7 Å². The van der Waals surface area contributed by atoms with E-state index in [1.807, 2.05) is 24.3 Å². The minimum absolute atomic E-state index is 0.0416. The summed E-state index contributed by atoms with van der Waals surface area (Å²) in [5, 5.41) is 26.1. The number of fused-ring (bicyclic) bond motifs is 2. The molecule has 67 heavy (non-hydrogen) atoms. The van der Waals surface area contributed by atoms with Crippen LogP contribution in [0.25, 0.3) is 10.9 Å². The highest BCUT2D eigenvalue weighted by Gasteiger charge is 2.35. The number of aromatic nitrogens is 1. The van der Waals surface area contributed by atoms with Crippen LogP contribution in [-0.2, 0) is 36.8 Å². The maximum absolute atomic E-state index is 14.9. The lowest BCUT2D eigenvalue weighted by atomic mass is 10.0. The van der Waals surface area contributed by atoms with E-state index in [9.17, 15) is 33.9 Å². The molecule has 1 aromatic heterocycles. The van der Waals surface area contributed by atoms with Gasteiger partial charge in [-0.2, -0.15) is 0 Å². The first kappa shape index (κ1) is 52.5. The second kappa shape index (κ2) is 23.5. The van der Waals surface area contributed by atoms with Crippen molar-refractivity contribution >= 4 is 86.6 Å². The Morgan fingerprint density at radius 3 is 2.15 bits per heavy atom. The van der Waals surface area contributed by atoms with Gasteiger partial charge in [0.15, 0.2) is 0 Å². The highest BCUT2D eigenvalue weighted by atomic mass is 79.9. The molecule has 5 rings (SSSR count). The third-order valence-electron chi connectivity index (χ3n) is 10.6. The summed E-state index contributed by atoms with van der Waals surface area (Å²) < 4.78 is 14.9. The molecule has 0 spiro atoms. The molecule has 18 nitrogen and oxygen atoms in total. The molecule has 5 amide bonds. The van der Waals surface area contributed by atoms with Crippen molar-refractivity contribution in [3.8, 4) is 0 Å². The maximum Gasteiger partial charge on any atom is 0.416 e. The number of likely N-dealkylation sites (N-methyl/N-ethyl adjacent to an activating group) is 1. The number of carbonyl (C=O) groups excluding carboxylic acids is 5. The third kappa shape index (κ3) is 15.3. The van der Waals surface area contributed by atoms with Gasteiger partial charge in [0, 0.05) is 73.8 Å². The maximum atomic E-state index is 14.9. The van der Waals surface area contributed by atoms with E-state index in [1.54, 1.807) is 82.1 Å². The molecule has 6 N–H and O–H groups in total. The van der Waals surface area contributed by atoms with E-state index in [4.69, 9.17) is 21.3 Å². The standard InChI is InChI=1S/C46H61BrClN9O9S/c1-45(2,3)65-42(61)49-21-13-12-17-33-40(60)54(7)35(25-30-28-55(44(63)64)34-19-10-9-16-31(30)34)39(59)52-27-36-41(57(48)24-23-56(36)47)67-37-20-11-8-15-29(37)26-51-32(38(58)53-33)18-14-22-50-43(62)66-46(4,5)6/h8-11,15-16,19-20,23-24,28,32-33,35,51H,12-14,17-18,21-22,25-27H2,1-7H3,(H,49,61)(H,50,62)(H,52,59)(H,53,58)(H,63,64)/t32-,33-,35-/m0/s1. The molecule has 2 aromatic carbocycles. The number of carboxylic acid groups (broad SMARTS) is 1. The quantitative estimate of drug-likeness (QED) is 0.0835. The van der Waals surface area contributed by atoms with E-state index in [1.165, 1.54) is 34.3 Å². The van der Waals surface area contributed by atoms with Gasteiger partial charge < -0.3 is 46.1 Å². The van der Waals surface area contributed by atoms with Crippen LogP contribution < -0.4 is 26.6 Å². The number of rotatable bonds is 11. The van der Waals surface area contributed by atoms with Gasteiger partial charge in [0.05, 0.1) is 39.9 Å². The molecule has 2 aliphatic rings. The number of hydrogen-bond donors (Lipinski definition) is 6. The number of ether oxygens (including phenoxy) is 2. The highest BCUT2D eigenvalue weighted by molar-refractivity contribution is 9.07. The molecule has 0 bridgehead atoms. The van der Waals surface area contributed by atoms with Crippen LogP contribution >= 0.6 is 39.7 Å². The number of benzene rings is 2. The van der Waals surface area contributed by atoms with E-state index < -0.39 is 65.3 Å². The molecule has 3 atom stereocenters. The summed E-state index contributed by atoms with van der Waals surface area (Å²) in [5.41, 5.74) is 0.929. The summed E-state index contributed by atoms with van der Waals surface area (Å²) in [6, 6.07) is 11.3. The Balaban J connectivity index is 1.53. The van der Waals surface area contributed by atoms with Gasteiger partial charge in [-0.05, 0) is 96.9 Å². The lowest BCUT2D eigenvalue weighted by Crippen LogP contribution is -2.57. The Morgan fingerprint density at radius 2 is 1.48 bits per heavy atom. The summed E-state index contributed by atoms with van der Waals surface area (Å²) in [4.78, 5) is 83.5. The van der Waals surface area contributed by atoms with Gasteiger partial charge in [-0.15, -0.1) is 0 Å². The van der Waals surface area contributed by atoms with Crippen LogP contribution in [0.4, 0.5) is 14.4 Å². The van der Waals surface area contributed by atoms with Gasteiger partial charge in [0.2, 0.25) is 17.7 Å². The fraction of sp³-hybridized carbons (Fsp3) is 0.478. The topological polar surface area (TPSA) is 216 Å². The Bertz CT molecular complexity index is 2350. The molecule has 3 heterocycles. The molecular weight excluding hydrogens is 970 g/mol. The number of carbonyl (C=O) groups is 6. The van der Waals surface area contributed by atoms with E-state index in [2.05, 4.69) is 42.7 Å². The lowest BCUT2D eigenvalue weighted by Gasteiger charge is -2.32. The molecule has 2 aliphatic heterocycles. The number of amides is 5. The molecule has 0 aliphatic carbocycles. The van der Waals surface area contributed by atoms with Crippen molar-refractivity contribution in [3.63, 3.8) is 0 Å². The van der Waals surface area contributed by atoms with Crippen LogP contribution in [0.2, 0.25) is 0 Å². The predicted octanol–water partition coefficient (Wildman–Crippen LogP) is 7.12. The molecule has 0 saturated heterocycles. The number of thioether (sulfide) groups is 1. The van der Waals surface area contributed by atoms with Crippen molar-refractivity contribution in [1.29, 1.82) is 0 Å². The highest BCUT2D eigenvalue weighted by Crippen LogP contribution is 2.39. The van der Waals surface area contributed by atoms with Gasteiger partial charge in [-0.3, -0.25) is 27.3 Å². The van der Waals surface area contributed by atoms with E-state index >= 15 is 0 Å². The molecule has 364 valence electrons. The normalized spacial score (nSPS) is 19.0. The summed E-state index contributed by atoms with van der Waals surface area (Å²) >= 11 is 11.7. The first-order valence-corrected chi connectivity index (χ1v) is 23.9. The van der Waals surface area contributed by atoms with Crippen LogP contribution in [0.3, 0.4) is 0 Å². The van der Waals surface area contributed by atoms with Crippen LogP contribution in [-0.4, -0.2) is 115 Å². The minimum atomic E-state index is -1.22. The summed E-state index contributed by atoms with van der Waals surface area (Å²) in [7, 11) is 1.48. The molecule has 3 aromatic rings. The van der Waals surface area contributed by atoms with E-state index in [0.29, 0.717) is 46.5 Å². The number of halogens is 2. The summed E-state index contributed by atoms with van der Waals surface area (Å²) in [5.74, 6) is -1.61. The molecule has 0 radical (unpaired) electrons. The number of unbranched alkanes of at least 4 members (excludes halogenated alkanes) is 1. The fourth-order valence-electron chi connectivity index (χ4n) is 7.35. The average molecular weight is 1030 g/mol. The van der Waals surface area contributed by atoms with Gasteiger partial charge in [0.1, 0.15) is 28.3 Å². The Kier molecular flexibility index (Phi) is 18.4. The van der Waals surface area contributed by atoms with Crippen molar-refractivity contribution in [2.24, 2.45) is 0 Å². The van der Waals surface area contributed by atoms with Gasteiger partial charge >= 0.3 is 18.3 Å². The van der Waals surface area contributed by atoms with Crippen molar-refractivity contribution < 1.29 is 43.3 Å². The fourth-order valence-corrected chi connectivity index (χ4v) is 9.18. The number of nitrogens with one attached hydrogen (secondary N) is 5. The smallest absolute Gasteiger partial charge is 0.416 e. The molecule has 0 saturated carbocycles. The molecular formula is C46H61BrClN9O9S. The van der Waals surface area contributed by atoms with Crippen molar-refractivity contribution in [3.05, 3.63) is 89.0 Å². The van der Waals surface area contributed by atoms with Gasteiger partial charge in [-0.1, -0.05) is 48.2 Å². The molecule has 0 unspecified atom stereocenters. The van der Waals surface area contributed by atoms with Crippen molar-refractivity contribution in [2.45, 2.75) is 121 Å². The van der Waals surface area contributed by atoms with Gasteiger partial charge in [0.25, 0.3) is 0 Å². The van der Waals surface area contributed by atoms with E-state index in [-0.39, 0.29) is 45.4 Å². The second-order valence-electron chi connectivity index (χ2n) is 18.1. The molecule has 0 fully saturated rings. The number of alkyl carbamates (subject to hydrolysis) is 2. The SMILES string of the molecule is CN1C(=O)[C@H](CCCCNC(=O)OC(C)(C)C)NC(=O)[C@H](CCCNC(=O)OC(C)(C)C)NCc2ccccc2SC2=C(CNC(=O)[C@@H]1Cc1cn(C(=O)O)c3ccccc13)N(Br)C=CN2Cl. The second-order valence-corrected chi connectivity index (χ2v) is 20.2. The first-order valence-electron chi connectivity index (χ1n) is 22.0. The van der Waals surface area contributed by atoms with Crippen LogP contribution in [0, 0.1) is 0 Å². The largest absolute Gasteiger partial charge is 0.464 e. The van der Waals surface area contributed by atoms with Crippen molar-refractivity contribution in [1.82, 2.24) is 44.4 Å². The zero-order chi connectivity index (χ0) is 49.1.